The fraction of sp³-hybridized carbons (Fsp3) is 0.222. The number of hydrogen-bond acceptors (Lipinski definition) is 8. The quantitative estimate of drug-likeness (QED) is 0.287. The third kappa shape index (κ3) is 6.71. The highest BCUT2D eigenvalue weighted by Gasteiger charge is 2.39. The molecule has 0 aromatic heterocycles. The molecule has 3 aromatic carbocycles. The molecule has 40 heavy (non-hydrogen) atoms. The third-order valence-electron chi connectivity index (χ3n) is 6.13. The summed E-state index contributed by atoms with van der Waals surface area (Å²) in [4.78, 5) is 39.5. The largest absolute Gasteiger partial charge is 0.513 e. The van der Waals surface area contributed by atoms with Crippen molar-refractivity contribution in [2.75, 3.05) is 30.5 Å². The van der Waals surface area contributed by atoms with Crippen LogP contribution in [0.1, 0.15) is 6.42 Å². The summed E-state index contributed by atoms with van der Waals surface area (Å²) in [5.74, 6) is -0.751. The molecular formula is C27H26ClN3O8S. The predicted octanol–water partition coefficient (Wildman–Crippen LogP) is 4.16. The summed E-state index contributed by atoms with van der Waals surface area (Å²) >= 11 is 5.89. The second-order valence-electron chi connectivity index (χ2n) is 9.02. The second kappa shape index (κ2) is 11.9. The average Bonchev–Trinajstić information content (AvgIpc) is 3.32. The summed E-state index contributed by atoms with van der Waals surface area (Å²) in [7, 11) is -2.47. The minimum Gasteiger partial charge on any atom is -0.437 e. The summed E-state index contributed by atoms with van der Waals surface area (Å²) in [6, 6.07) is 15.4. The van der Waals surface area contributed by atoms with Gasteiger partial charge in [0, 0.05) is 35.5 Å². The van der Waals surface area contributed by atoms with Gasteiger partial charge in [0.25, 0.3) is 0 Å². The van der Waals surface area contributed by atoms with E-state index in [2.05, 4.69) is 15.4 Å². The molecule has 1 fully saturated rings. The summed E-state index contributed by atoms with van der Waals surface area (Å²) in [5, 5.41) is 16.0. The van der Waals surface area contributed by atoms with Gasteiger partial charge in [0.1, 0.15) is 6.04 Å². The summed E-state index contributed by atoms with van der Waals surface area (Å²) in [5.41, 5.74) is 1.28. The molecule has 1 aliphatic rings. The maximum Gasteiger partial charge on any atom is 0.513 e. The Bertz CT molecular complexity index is 1550. The highest BCUT2D eigenvalue weighted by molar-refractivity contribution is 7.90. The number of rotatable bonds is 6. The monoisotopic (exact) mass is 587 g/mol. The zero-order valence-electron chi connectivity index (χ0n) is 21.5. The normalized spacial score (nSPS) is 16.8. The lowest BCUT2D eigenvalue weighted by atomic mass is 10.0. The van der Waals surface area contributed by atoms with Gasteiger partial charge in [0.2, 0.25) is 5.91 Å². The van der Waals surface area contributed by atoms with Gasteiger partial charge in [-0.3, -0.25) is 4.79 Å². The first kappa shape index (κ1) is 28.9. The van der Waals surface area contributed by atoms with Gasteiger partial charge in [0.05, 0.1) is 23.8 Å². The summed E-state index contributed by atoms with van der Waals surface area (Å²) in [6.07, 6.45) is -0.944. The number of carbonyl (C=O) groups excluding carboxylic acids is 3. The van der Waals surface area contributed by atoms with E-state index in [9.17, 15) is 27.9 Å². The molecule has 2 atom stereocenters. The number of sulfone groups is 1. The van der Waals surface area contributed by atoms with E-state index in [4.69, 9.17) is 16.3 Å². The lowest BCUT2D eigenvalue weighted by Crippen LogP contribution is -2.45. The van der Waals surface area contributed by atoms with Crippen LogP contribution in [-0.2, 0) is 19.4 Å². The van der Waals surface area contributed by atoms with Gasteiger partial charge in [-0.05, 0) is 48.0 Å². The molecule has 0 saturated carbocycles. The number of carbonyl (C=O) groups is 3. The molecule has 3 amide bonds. The maximum absolute atomic E-state index is 13.3. The number of likely N-dealkylation sites (tertiary alicyclic amines) is 1. The highest BCUT2D eigenvalue weighted by atomic mass is 35.5. The van der Waals surface area contributed by atoms with Crippen LogP contribution in [0, 0.1) is 0 Å². The Morgan fingerprint density at radius 3 is 2.40 bits per heavy atom. The number of anilines is 2. The van der Waals surface area contributed by atoms with Crippen LogP contribution in [-0.4, -0.2) is 68.6 Å². The van der Waals surface area contributed by atoms with Crippen molar-refractivity contribution in [3.8, 4) is 16.9 Å². The number of nitrogens with one attached hydrogen (secondary N) is 2. The van der Waals surface area contributed by atoms with Gasteiger partial charge >= 0.3 is 12.2 Å². The van der Waals surface area contributed by atoms with E-state index in [1.165, 1.54) is 23.1 Å². The Balaban J connectivity index is 1.61. The average molecular weight is 588 g/mol. The number of benzene rings is 3. The van der Waals surface area contributed by atoms with Gasteiger partial charge in [-0.15, -0.1) is 0 Å². The highest BCUT2D eigenvalue weighted by Crippen LogP contribution is 2.35. The Hall–Kier alpha value is -4.13. The molecule has 11 nitrogen and oxygen atoms in total. The number of hydrogen-bond donors (Lipinski definition) is 3. The molecule has 13 heteroatoms. The predicted molar refractivity (Wildman–Crippen MR) is 148 cm³/mol. The van der Waals surface area contributed by atoms with Crippen LogP contribution in [0.5, 0.6) is 5.75 Å². The summed E-state index contributed by atoms with van der Waals surface area (Å²) in [6.45, 7) is -0.0791. The lowest BCUT2D eigenvalue weighted by Gasteiger charge is -2.24. The van der Waals surface area contributed by atoms with Crippen molar-refractivity contribution < 1.29 is 37.4 Å². The maximum atomic E-state index is 13.3. The molecule has 210 valence electrons. The molecule has 0 spiro atoms. The van der Waals surface area contributed by atoms with Crippen LogP contribution in [0.4, 0.5) is 21.0 Å². The van der Waals surface area contributed by atoms with E-state index >= 15 is 0 Å². The zero-order chi connectivity index (χ0) is 29.0. The molecule has 3 N–H and O–H groups in total. The van der Waals surface area contributed by atoms with Crippen LogP contribution in [0.3, 0.4) is 0 Å². The number of amides is 3. The van der Waals surface area contributed by atoms with Crippen molar-refractivity contribution in [1.29, 1.82) is 0 Å². The minimum absolute atomic E-state index is 0.0210. The first-order valence-corrected chi connectivity index (χ1v) is 14.2. The summed E-state index contributed by atoms with van der Waals surface area (Å²) < 4.78 is 34.5. The van der Waals surface area contributed by atoms with Crippen molar-refractivity contribution in [2.45, 2.75) is 23.5 Å². The second-order valence-corrected chi connectivity index (χ2v) is 11.4. The van der Waals surface area contributed by atoms with E-state index in [0.29, 0.717) is 21.8 Å². The molecule has 2 unspecified atom stereocenters. The SMILES string of the molecule is COC(=O)Oc1cc(-c2ccccc2S(C)(=O)=O)ccc1NC(=O)C1CC(O)CN1C(=O)Nc1ccc(Cl)cc1. The van der Waals surface area contributed by atoms with E-state index in [0.717, 1.165) is 13.4 Å². The Morgan fingerprint density at radius 1 is 1.02 bits per heavy atom. The molecule has 1 heterocycles. The van der Waals surface area contributed by atoms with Crippen molar-refractivity contribution in [3.05, 3.63) is 71.8 Å². The lowest BCUT2D eigenvalue weighted by molar-refractivity contribution is -0.119. The number of methoxy groups -OCH3 is 1. The Morgan fingerprint density at radius 2 is 1.73 bits per heavy atom. The number of nitrogens with zero attached hydrogens (tertiary/aromatic N) is 1. The van der Waals surface area contributed by atoms with Crippen LogP contribution < -0.4 is 15.4 Å². The number of halogens is 1. The van der Waals surface area contributed by atoms with E-state index in [1.807, 2.05) is 0 Å². The minimum atomic E-state index is -3.58. The Labute approximate surface area is 235 Å². The van der Waals surface area contributed by atoms with Crippen LogP contribution in [0.15, 0.2) is 71.6 Å². The zero-order valence-corrected chi connectivity index (χ0v) is 23.0. The van der Waals surface area contributed by atoms with Gasteiger partial charge in [-0.25, -0.2) is 18.0 Å². The van der Waals surface area contributed by atoms with Crippen LogP contribution >= 0.6 is 11.6 Å². The number of ether oxygens (including phenoxy) is 2. The van der Waals surface area contributed by atoms with E-state index < -0.39 is 40.1 Å². The fourth-order valence-corrected chi connectivity index (χ4v) is 5.31. The van der Waals surface area contributed by atoms with Crippen molar-refractivity contribution in [2.24, 2.45) is 0 Å². The van der Waals surface area contributed by atoms with Gasteiger partial charge in [0.15, 0.2) is 15.6 Å². The molecular weight excluding hydrogens is 562 g/mol. The van der Waals surface area contributed by atoms with E-state index in [1.54, 1.807) is 48.5 Å². The number of aliphatic hydroxyl groups is 1. The topological polar surface area (TPSA) is 151 Å². The smallest absolute Gasteiger partial charge is 0.437 e. The molecule has 3 aromatic rings. The third-order valence-corrected chi connectivity index (χ3v) is 7.54. The molecule has 1 aliphatic heterocycles. The first-order chi connectivity index (χ1) is 19.0. The number of aliphatic hydroxyl groups excluding tert-OH is 1. The van der Waals surface area contributed by atoms with Crippen molar-refractivity contribution in [3.63, 3.8) is 0 Å². The number of urea groups is 1. The molecule has 4 rings (SSSR count). The molecule has 1 saturated heterocycles. The van der Waals surface area contributed by atoms with Crippen LogP contribution in [0.2, 0.25) is 5.02 Å². The standard InChI is InChI=1S/C27H26ClN3O8S/c1-38-27(35)39-23-13-16(20-5-3-4-6-24(20)40(2,36)37)7-12-21(23)30-25(33)22-14-19(32)15-31(22)26(34)29-18-10-8-17(28)9-11-18/h3-13,19,22,32H,14-15H2,1-2H3,(H,29,34)(H,30,33). The van der Waals surface area contributed by atoms with Gasteiger partial charge in [-0.1, -0.05) is 35.9 Å². The molecule has 0 bridgehead atoms. The molecule has 0 aliphatic carbocycles. The first-order valence-electron chi connectivity index (χ1n) is 12.0. The van der Waals surface area contributed by atoms with E-state index in [-0.39, 0.29) is 29.3 Å². The number of β-amino-alcohol motifs (C(OH)–C–C–N with tert-alkyl or cyclic N) is 1. The fourth-order valence-electron chi connectivity index (χ4n) is 4.27. The molecule has 0 radical (unpaired) electrons. The Kier molecular flexibility index (Phi) is 8.62. The van der Waals surface area contributed by atoms with Crippen molar-refractivity contribution >= 4 is 50.9 Å². The van der Waals surface area contributed by atoms with Crippen LogP contribution in [0.25, 0.3) is 11.1 Å². The van der Waals surface area contributed by atoms with Gasteiger partial charge in [-0.2, -0.15) is 0 Å². The van der Waals surface area contributed by atoms with Crippen molar-refractivity contribution in [1.82, 2.24) is 4.90 Å². The van der Waals surface area contributed by atoms with Gasteiger partial charge < -0.3 is 30.1 Å².